The third-order valence-corrected chi connectivity index (χ3v) is 7.41. The number of unbranched alkanes of at least 4 members (excludes halogenated alkanes) is 1. The van der Waals surface area contributed by atoms with Crippen LogP contribution in [0.3, 0.4) is 0 Å². The molecule has 2 aliphatic heterocycles. The molecule has 5 heteroatoms. The molecule has 2 aromatic carbocycles. The molecular formula is C28H35N5. The van der Waals surface area contributed by atoms with Gasteiger partial charge >= 0.3 is 0 Å². The zero-order chi connectivity index (χ0) is 22.5. The van der Waals surface area contributed by atoms with Gasteiger partial charge in [-0.25, -0.2) is 0 Å². The Kier molecular flexibility index (Phi) is 6.95. The third-order valence-electron chi connectivity index (χ3n) is 7.41. The zero-order valence-electron chi connectivity index (χ0n) is 19.5. The van der Waals surface area contributed by atoms with Gasteiger partial charge in [-0.15, -0.1) is 0 Å². The number of hydrogen-bond donors (Lipinski definition) is 1. The van der Waals surface area contributed by atoms with Gasteiger partial charge in [-0.05, 0) is 87.6 Å². The lowest BCUT2D eigenvalue weighted by atomic mass is 10.0. The highest BCUT2D eigenvalue weighted by Gasteiger charge is 2.20. The van der Waals surface area contributed by atoms with Crippen molar-refractivity contribution in [2.24, 2.45) is 0 Å². The highest BCUT2D eigenvalue weighted by atomic mass is 15.3. The zero-order valence-corrected chi connectivity index (χ0v) is 19.5. The number of anilines is 1. The highest BCUT2D eigenvalue weighted by Crippen LogP contribution is 2.30. The Bertz CT molecular complexity index is 1080. The van der Waals surface area contributed by atoms with Gasteiger partial charge in [0.05, 0.1) is 11.6 Å². The molecule has 3 heterocycles. The SMILES string of the molecule is N#Cc1ccc2c(c1)c(CCCCN1CCN(c3ccccc3)CC1)cn2C1CCNCC1. The van der Waals surface area contributed by atoms with E-state index in [9.17, 15) is 5.26 Å². The first-order valence-electron chi connectivity index (χ1n) is 12.6. The summed E-state index contributed by atoms with van der Waals surface area (Å²) in [6.45, 7) is 7.89. The second kappa shape index (κ2) is 10.4. The van der Waals surface area contributed by atoms with E-state index in [-0.39, 0.29) is 0 Å². The first-order chi connectivity index (χ1) is 16.3. The van der Waals surface area contributed by atoms with Crippen LogP contribution in [0.5, 0.6) is 0 Å². The molecule has 1 N–H and O–H groups in total. The van der Waals surface area contributed by atoms with Gasteiger partial charge in [0.1, 0.15) is 0 Å². The Hall–Kier alpha value is -2.81. The molecule has 0 saturated carbocycles. The standard InChI is InChI=1S/C28H35N5/c29-21-23-9-10-28-27(20-23)24(22-33(28)26-11-13-30-14-12-26)6-4-5-15-31-16-18-32(19-17-31)25-7-2-1-3-8-25/h1-3,7-10,20,22,26,30H,4-6,11-19H2. The molecule has 0 atom stereocenters. The van der Waals surface area contributed by atoms with E-state index in [1.807, 2.05) is 6.07 Å². The minimum Gasteiger partial charge on any atom is -0.369 e. The van der Waals surface area contributed by atoms with Crippen LogP contribution in [0.15, 0.2) is 54.7 Å². The number of nitrogens with one attached hydrogen (secondary N) is 1. The molecule has 0 amide bonds. The number of benzene rings is 2. The number of nitrogens with zero attached hydrogens (tertiary/aromatic N) is 4. The van der Waals surface area contributed by atoms with E-state index in [1.54, 1.807) is 0 Å². The van der Waals surface area contributed by atoms with Crippen molar-refractivity contribution in [3.8, 4) is 6.07 Å². The van der Waals surface area contributed by atoms with Crippen molar-refractivity contribution in [1.82, 2.24) is 14.8 Å². The van der Waals surface area contributed by atoms with Crippen LogP contribution in [-0.4, -0.2) is 55.3 Å². The smallest absolute Gasteiger partial charge is 0.0991 e. The average Bonchev–Trinajstić information content (AvgIpc) is 3.26. The summed E-state index contributed by atoms with van der Waals surface area (Å²) in [6.07, 6.45) is 8.26. The van der Waals surface area contributed by atoms with E-state index >= 15 is 0 Å². The summed E-state index contributed by atoms with van der Waals surface area (Å²) < 4.78 is 2.50. The molecule has 5 rings (SSSR count). The van der Waals surface area contributed by atoms with Crippen LogP contribution in [-0.2, 0) is 6.42 Å². The lowest BCUT2D eigenvalue weighted by Crippen LogP contribution is -2.46. The summed E-state index contributed by atoms with van der Waals surface area (Å²) in [7, 11) is 0. The van der Waals surface area contributed by atoms with Crippen LogP contribution >= 0.6 is 0 Å². The van der Waals surface area contributed by atoms with Crippen molar-refractivity contribution in [3.63, 3.8) is 0 Å². The van der Waals surface area contributed by atoms with Gasteiger partial charge in [-0.2, -0.15) is 5.26 Å². The average molecular weight is 442 g/mol. The van der Waals surface area contributed by atoms with Crippen LogP contribution in [0.25, 0.3) is 10.9 Å². The third kappa shape index (κ3) is 5.08. The summed E-state index contributed by atoms with van der Waals surface area (Å²) in [6, 6.07) is 19.9. The Morgan fingerprint density at radius 2 is 1.73 bits per heavy atom. The molecule has 172 valence electrons. The molecule has 33 heavy (non-hydrogen) atoms. The molecule has 3 aromatic rings. The maximum absolute atomic E-state index is 9.42. The van der Waals surface area contributed by atoms with E-state index in [0.717, 1.165) is 51.3 Å². The molecule has 5 nitrogen and oxygen atoms in total. The molecule has 2 fully saturated rings. The lowest BCUT2D eigenvalue weighted by molar-refractivity contribution is 0.253. The summed E-state index contributed by atoms with van der Waals surface area (Å²) in [5, 5.41) is 14.2. The number of nitriles is 1. The van der Waals surface area contributed by atoms with Crippen molar-refractivity contribution in [2.75, 3.05) is 50.7 Å². The molecule has 2 saturated heterocycles. The Labute approximate surface area is 197 Å². The maximum atomic E-state index is 9.42. The Morgan fingerprint density at radius 3 is 2.48 bits per heavy atom. The number of fused-ring (bicyclic) bond motifs is 1. The Morgan fingerprint density at radius 1 is 0.939 bits per heavy atom. The minimum atomic E-state index is 0.566. The van der Waals surface area contributed by atoms with Gasteiger partial charge in [-0.1, -0.05) is 18.2 Å². The monoisotopic (exact) mass is 441 g/mol. The number of aryl methyl sites for hydroxylation is 1. The molecule has 0 spiro atoms. The quantitative estimate of drug-likeness (QED) is 0.545. The predicted octanol–water partition coefficient (Wildman–Crippen LogP) is 4.58. The largest absolute Gasteiger partial charge is 0.369 e. The summed E-state index contributed by atoms with van der Waals surface area (Å²) in [5.41, 5.74) is 4.82. The summed E-state index contributed by atoms with van der Waals surface area (Å²) in [5.74, 6) is 0. The minimum absolute atomic E-state index is 0.566. The van der Waals surface area contributed by atoms with E-state index in [0.29, 0.717) is 6.04 Å². The van der Waals surface area contributed by atoms with Crippen LogP contribution in [0.1, 0.15) is 42.9 Å². The van der Waals surface area contributed by atoms with Crippen molar-refractivity contribution in [3.05, 3.63) is 65.9 Å². The topological polar surface area (TPSA) is 47.2 Å². The van der Waals surface area contributed by atoms with Crippen molar-refractivity contribution in [2.45, 2.75) is 38.1 Å². The van der Waals surface area contributed by atoms with Crippen molar-refractivity contribution < 1.29 is 0 Å². The van der Waals surface area contributed by atoms with Gasteiger partial charge in [0.2, 0.25) is 0 Å². The van der Waals surface area contributed by atoms with E-state index < -0.39 is 0 Å². The highest BCUT2D eigenvalue weighted by molar-refractivity contribution is 5.85. The number of hydrogen-bond acceptors (Lipinski definition) is 4. The molecule has 0 bridgehead atoms. The number of piperazine rings is 1. The first-order valence-corrected chi connectivity index (χ1v) is 12.6. The molecule has 0 aliphatic carbocycles. The van der Waals surface area contributed by atoms with E-state index in [4.69, 9.17) is 0 Å². The summed E-state index contributed by atoms with van der Waals surface area (Å²) >= 11 is 0. The second-order valence-corrected chi connectivity index (χ2v) is 9.51. The predicted molar refractivity (Wildman–Crippen MR) is 136 cm³/mol. The van der Waals surface area contributed by atoms with Crippen LogP contribution in [0.2, 0.25) is 0 Å². The fourth-order valence-corrected chi connectivity index (χ4v) is 5.50. The number of piperidine rings is 1. The van der Waals surface area contributed by atoms with Crippen molar-refractivity contribution in [1.29, 1.82) is 5.26 Å². The lowest BCUT2D eigenvalue weighted by Gasteiger charge is -2.36. The first kappa shape index (κ1) is 22.0. The van der Waals surface area contributed by atoms with Crippen LogP contribution in [0.4, 0.5) is 5.69 Å². The van der Waals surface area contributed by atoms with E-state index in [2.05, 4.69) is 74.4 Å². The number of para-hydroxylation sites is 1. The molecule has 0 radical (unpaired) electrons. The fourth-order valence-electron chi connectivity index (χ4n) is 5.50. The van der Waals surface area contributed by atoms with Crippen LogP contribution in [0, 0.1) is 11.3 Å². The van der Waals surface area contributed by atoms with Crippen molar-refractivity contribution >= 4 is 16.6 Å². The number of rotatable bonds is 7. The van der Waals surface area contributed by atoms with Crippen LogP contribution < -0.4 is 10.2 Å². The molecule has 1 aromatic heterocycles. The fraction of sp³-hybridized carbons (Fsp3) is 0.464. The maximum Gasteiger partial charge on any atom is 0.0991 e. The summed E-state index contributed by atoms with van der Waals surface area (Å²) in [4.78, 5) is 5.12. The van der Waals surface area contributed by atoms with Gasteiger partial charge in [0.15, 0.2) is 0 Å². The van der Waals surface area contributed by atoms with Gasteiger partial charge in [-0.3, -0.25) is 4.90 Å². The van der Waals surface area contributed by atoms with Gasteiger partial charge in [0.25, 0.3) is 0 Å². The normalized spacial score (nSPS) is 18.0. The molecule has 0 unspecified atom stereocenters. The molecular weight excluding hydrogens is 406 g/mol. The van der Waals surface area contributed by atoms with Gasteiger partial charge < -0.3 is 14.8 Å². The Balaban J connectivity index is 1.17. The second-order valence-electron chi connectivity index (χ2n) is 9.51. The molecule has 2 aliphatic rings. The number of aromatic nitrogens is 1. The van der Waals surface area contributed by atoms with E-state index in [1.165, 1.54) is 54.4 Å². The van der Waals surface area contributed by atoms with Gasteiger partial charge in [0, 0.05) is 55.0 Å².